The molecule has 0 aliphatic rings. The van der Waals surface area contributed by atoms with Crippen LogP contribution in [0.25, 0.3) is 0 Å². The number of nitrogens with zero attached hydrogens (tertiary/aromatic N) is 1. The molecule has 108 valence electrons. The number of hydrogen-bond acceptors (Lipinski definition) is 3. The highest BCUT2D eigenvalue weighted by molar-refractivity contribution is 6.31. The van der Waals surface area contributed by atoms with Gasteiger partial charge in [-0.15, -0.1) is 0 Å². The Hall–Kier alpha value is -0.640. The van der Waals surface area contributed by atoms with E-state index in [9.17, 15) is 0 Å². The van der Waals surface area contributed by atoms with Crippen LogP contribution in [0.1, 0.15) is 38.7 Å². The molecule has 4 heteroatoms. The third-order valence-corrected chi connectivity index (χ3v) is 3.31. The molecular formula is C15H25ClN2O. The summed E-state index contributed by atoms with van der Waals surface area (Å²) in [7, 11) is 0. The molecule has 0 radical (unpaired) electrons. The molecule has 1 aromatic rings. The van der Waals surface area contributed by atoms with E-state index in [1.165, 1.54) is 0 Å². The lowest BCUT2D eigenvalue weighted by Gasteiger charge is -2.19. The van der Waals surface area contributed by atoms with Gasteiger partial charge in [0.2, 0.25) is 0 Å². The molecule has 0 saturated heterocycles. The van der Waals surface area contributed by atoms with Gasteiger partial charge >= 0.3 is 0 Å². The SMILES string of the molecule is CCCNC(CCOCCC)Cc1ccncc1Cl. The molecule has 1 heterocycles. The van der Waals surface area contributed by atoms with E-state index >= 15 is 0 Å². The number of nitrogens with one attached hydrogen (secondary N) is 1. The van der Waals surface area contributed by atoms with Crippen LogP contribution in [0.3, 0.4) is 0 Å². The van der Waals surface area contributed by atoms with E-state index in [0.717, 1.165) is 56.0 Å². The van der Waals surface area contributed by atoms with Crippen molar-refractivity contribution in [1.29, 1.82) is 0 Å². The molecule has 0 spiro atoms. The predicted octanol–water partition coefficient (Wildman–Crippen LogP) is 3.46. The first-order valence-corrected chi connectivity index (χ1v) is 7.55. The van der Waals surface area contributed by atoms with E-state index in [2.05, 4.69) is 24.1 Å². The average Bonchev–Trinajstić information content (AvgIpc) is 2.43. The molecule has 3 nitrogen and oxygen atoms in total. The summed E-state index contributed by atoms with van der Waals surface area (Å²) in [4.78, 5) is 4.02. The van der Waals surface area contributed by atoms with Crippen molar-refractivity contribution in [3.8, 4) is 0 Å². The molecule has 19 heavy (non-hydrogen) atoms. The van der Waals surface area contributed by atoms with E-state index in [0.29, 0.717) is 6.04 Å². The van der Waals surface area contributed by atoms with Gasteiger partial charge in [0.15, 0.2) is 0 Å². The van der Waals surface area contributed by atoms with Crippen molar-refractivity contribution >= 4 is 11.6 Å². The molecule has 1 atom stereocenters. The van der Waals surface area contributed by atoms with Crippen molar-refractivity contribution in [3.05, 3.63) is 29.0 Å². The number of pyridine rings is 1. The molecule has 1 unspecified atom stereocenters. The Balaban J connectivity index is 2.46. The number of rotatable bonds is 10. The maximum absolute atomic E-state index is 6.16. The van der Waals surface area contributed by atoms with Crippen LogP contribution in [0.15, 0.2) is 18.5 Å². The second kappa shape index (κ2) is 10.2. The van der Waals surface area contributed by atoms with Crippen LogP contribution in [-0.4, -0.2) is 30.8 Å². The fourth-order valence-electron chi connectivity index (χ4n) is 1.93. The summed E-state index contributed by atoms with van der Waals surface area (Å²) in [5.74, 6) is 0. The fourth-order valence-corrected chi connectivity index (χ4v) is 2.13. The van der Waals surface area contributed by atoms with Gasteiger partial charge in [-0.05, 0) is 43.9 Å². The first-order valence-electron chi connectivity index (χ1n) is 7.17. The van der Waals surface area contributed by atoms with Crippen LogP contribution in [-0.2, 0) is 11.2 Å². The highest BCUT2D eigenvalue weighted by Gasteiger charge is 2.11. The van der Waals surface area contributed by atoms with Crippen molar-refractivity contribution in [2.24, 2.45) is 0 Å². The summed E-state index contributed by atoms with van der Waals surface area (Å²) in [5.41, 5.74) is 1.15. The smallest absolute Gasteiger partial charge is 0.0621 e. The van der Waals surface area contributed by atoms with Gasteiger partial charge in [-0.3, -0.25) is 4.98 Å². The molecule has 1 rings (SSSR count). The molecule has 0 aliphatic carbocycles. The van der Waals surface area contributed by atoms with E-state index < -0.39 is 0 Å². The third-order valence-electron chi connectivity index (χ3n) is 2.96. The maximum Gasteiger partial charge on any atom is 0.0621 e. The second-order valence-electron chi connectivity index (χ2n) is 4.72. The zero-order valence-corrected chi connectivity index (χ0v) is 12.7. The third kappa shape index (κ3) is 6.90. The Morgan fingerprint density at radius 2 is 2.16 bits per heavy atom. The topological polar surface area (TPSA) is 34.1 Å². The van der Waals surface area contributed by atoms with E-state index in [4.69, 9.17) is 16.3 Å². The average molecular weight is 285 g/mol. The van der Waals surface area contributed by atoms with Crippen LogP contribution < -0.4 is 5.32 Å². The van der Waals surface area contributed by atoms with Crippen molar-refractivity contribution in [1.82, 2.24) is 10.3 Å². The second-order valence-corrected chi connectivity index (χ2v) is 5.13. The van der Waals surface area contributed by atoms with E-state index in [-0.39, 0.29) is 0 Å². The van der Waals surface area contributed by atoms with Crippen LogP contribution in [0, 0.1) is 0 Å². The highest BCUT2D eigenvalue weighted by Crippen LogP contribution is 2.16. The lowest BCUT2D eigenvalue weighted by atomic mass is 10.0. The van der Waals surface area contributed by atoms with Gasteiger partial charge in [0, 0.05) is 31.6 Å². The number of halogens is 1. The van der Waals surface area contributed by atoms with Crippen LogP contribution >= 0.6 is 11.6 Å². The molecule has 0 amide bonds. The minimum atomic E-state index is 0.414. The van der Waals surface area contributed by atoms with Gasteiger partial charge in [-0.2, -0.15) is 0 Å². The molecule has 0 bridgehead atoms. The minimum Gasteiger partial charge on any atom is -0.381 e. The molecule has 0 fully saturated rings. The van der Waals surface area contributed by atoms with Gasteiger partial charge in [0.25, 0.3) is 0 Å². The lowest BCUT2D eigenvalue weighted by molar-refractivity contribution is 0.124. The van der Waals surface area contributed by atoms with Crippen LogP contribution in [0.5, 0.6) is 0 Å². The van der Waals surface area contributed by atoms with Crippen molar-refractivity contribution in [3.63, 3.8) is 0 Å². The zero-order valence-electron chi connectivity index (χ0n) is 12.0. The molecular weight excluding hydrogens is 260 g/mol. The summed E-state index contributed by atoms with van der Waals surface area (Å²) in [6.07, 6.45) is 7.65. The summed E-state index contributed by atoms with van der Waals surface area (Å²) in [6.45, 7) is 6.98. The first-order chi connectivity index (χ1) is 9.27. The maximum atomic E-state index is 6.16. The minimum absolute atomic E-state index is 0.414. The Bertz CT molecular complexity index is 347. The molecule has 0 aromatic carbocycles. The number of ether oxygens (including phenoxy) is 1. The molecule has 1 N–H and O–H groups in total. The van der Waals surface area contributed by atoms with Crippen molar-refractivity contribution in [2.75, 3.05) is 19.8 Å². The van der Waals surface area contributed by atoms with Gasteiger partial charge in [-0.1, -0.05) is 25.4 Å². The van der Waals surface area contributed by atoms with E-state index in [1.807, 2.05) is 6.07 Å². The normalized spacial score (nSPS) is 12.6. The molecule has 0 aliphatic heterocycles. The first kappa shape index (κ1) is 16.4. The Morgan fingerprint density at radius 1 is 1.32 bits per heavy atom. The van der Waals surface area contributed by atoms with Crippen LogP contribution in [0.4, 0.5) is 0 Å². The number of aromatic nitrogens is 1. The Labute approximate surface area is 121 Å². The summed E-state index contributed by atoms with van der Waals surface area (Å²) in [5, 5.41) is 4.31. The molecule has 1 aromatic heterocycles. The van der Waals surface area contributed by atoms with Gasteiger partial charge in [0.1, 0.15) is 0 Å². The highest BCUT2D eigenvalue weighted by atomic mass is 35.5. The zero-order chi connectivity index (χ0) is 13.9. The van der Waals surface area contributed by atoms with Crippen molar-refractivity contribution in [2.45, 2.75) is 45.6 Å². The quantitative estimate of drug-likeness (QED) is 0.668. The van der Waals surface area contributed by atoms with Crippen molar-refractivity contribution < 1.29 is 4.74 Å². The number of hydrogen-bond donors (Lipinski definition) is 1. The largest absolute Gasteiger partial charge is 0.381 e. The predicted molar refractivity (Wildman–Crippen MR) is 80.8 cm³/mol. The summed E-state index contributed by atoms with van der Waals surface area (Å²) in [6, 6.07) is 2.41. The monoisotopic (exact) mass is 284 g/mol. The lowest BCUT2D eigenvalue weighted by Crippen LogP contribution is -2.33. The van der Waals surface area contributed by atoms with Gasteiger partial charge in [-0.25, -0.2) is 0 Å². The Morgan fingerprint density at radius 3 is 2.84 bits per heavy atom. The summed E-state index contributed by atoms with van der Waals surface area (Å²) < 4.78 is 5.58. The van der Waals surface area contributed by atoms with Gasteiger partial charge in [0.05, 0.1) is 5.02 Å². The standard InChI is InChI=1S/C15H25ClN2O/c1-3-7-18-14(6-10-19-9-4-2)11-13-5-8-17-12-15(13)16/h5,8,12,14,18H,3-4,6-7,9-11H2,1-2H3. The Kier molecular flexibility index (Phi) is 8.80. The molecule has 0 saturated carbocycles. The van der Waals surface area contributed by atoms with Gasteiger partial charge < -0.3 is 10.1 Å². The fraction of sp³-hybridized carbons (Fsp3) is 0.667. The summed E-state index contributed by atoms with van der Waals surface area (Å²) >= 11 is 6.16. The van der Waals surface area contributed by atoms with Crippen LogP contribution in [0.2, 0.25) is 5.02 Å². The van der Waals surface area contributed by atoms with E-state index in [1.54, 1.807) is 12.4 Å².